The molecule has 0 saturated heterocycles. The largest absolute Gasteiger partial charge is 0.325 e. The van der Waals surface area contributed by atoms with Crippen LogP contribution in [0.3, 0.4) is 0 Å². The van der Waals surface area contributed by atoms with E-state index in [0.717, 1.165) is 22.9 Å². The summed E-state index contributed by atoms with van der Waals surface area (Å²) in [6.07, 6.45) is 5.34. The normalized spacial score (nSPS) is 11.2. The summed E-state index contributed by atoms with van der Waals surface area (Å²) in [4.78, 5) is 8.39. The summed E-state index contributed by atoms with van der Waals surface area (Å²) < 4.78 is 3.69. The van der Waals surface area contributed by atoms with Gasteiger partial charge in [0.15, 0.2) is 5.82 Å². The predicted molar refractivity (Wildman–Crippen MR) is 63.1 cm³/mol. The third kappa shape index (κ3) is 1.50. The number of hydrogen-bond acceptors (Lipinski definition) is 4. The zero-order valence-electron chi connectivity index (χ0n) is 9.41. The van der Waals surface area contributed by atoms with Crippen LogP contribution in [0.4, 0.5) is 0 Å². The second kappa shape index (κ2) is 3.67. The van der Waals surface area contributed by atoms with Crippen LogP contribution in [-0.4, -0.2) is 24.1 Å². The molecule has 0 radical (unpaired) electrons. The average molecular weight is 228 g/mol. The predicted octanol–water partition coefficient (Wildman–Crippen LogP) is 0.588. The molecule has 86 valence electrons. The van der Waals surface area contributed by atoms with Crippen LogP contribution in [-0.2, 0) is 13.6 Å². The van der Waals surface area contributed by atoms with E-state index in [4.69, 9.17) is 5.73 Å². The summed E-state index contributed by atoms with van der Waals surface area (Å²) in [5.41, 5.74) is 7.40. The summed E-state index contributed by atoms with van der Waals surface area (Å²) in [5, 5.41) is 4.48. The summed E-state index contributed by atoms with van der Waals surface area (Å²) in [7, 11) is 1.94. The average Bonchev–Trinajstić information content (AvgIpc) is 2.90. The number of hydrogen-bond donors (Lipinski definition) is 1. The fraction of sp³-hybridized carbons (Fsp3) is 0.182. The number of nitrogens with two attached hydrogens (primary N) is 1. The molecule has 0 atom stereocenters. The first-order valence-electron chi connectivity index (χ1n) is 5.31. The fourth-order valence-electron chi connectivity index (χ4n) is 1.82. The molecular formula is C11H12N6. The smallest absolute Gasteiger partial charge is 0.232 e. The van der Waals surface area contributed by atoms with Crippen molar-refractivity contribution in [3.05, 3.63) is 36.4 Å². The maximum absolute atomic E-state index is 5.55. The van der Waals surface area contributed by atoms with Crippen molar-refractivity contribution in [1.82, 2.24) is 24.1 Å². The first-order chi connectivity index (χ1) is 8.29. The number of aromatic nitrogens is 5. The van der Waals surface area contributed by atoms with Gasteiger partial charge in [-0.15, -0.1) is 5.10 Å². The number of nitrogens with zero attached hydrogens (tertiary/aromatic N) is 5. The molecule has 0 amide bonds. The Morgan fingerprint density at radius 2 is 2.06 bits per heavy atom. The molecule has 6 heteroatoms. The van der Waals surface area contributed by atoms with Gasteiger partial charge in [-0.1, -0.05) is 0 Å². The highest BCUT2D eigenvalue weighted by Gasteiger charge is 2.12. The number of rotatable bonds is 2. The minimum absolute atomic E-state index is 0.425. The van der Waals surface area contributed by atoms with Gasteiger partial charge in [0.05, 0.1) is 11.9 Å². The molecule has 3 aromatic heterocycles. The molecule has 0 aliphatic heterocycles. The Labute approximate surface area is 97.7 Å². The molecule has 0 aliphatic carbocycles. The molecule has 17 heavy (non-hydrogen) atoms. The molecule has 0 aliphatic rings. The number of pyridine rings is 1. The van der Waals surface area contributed by atoms with Crippen LogP contribution < -0.4 is 5.73 Å². The molecule has 3 rings (SSSR count). The molecule has 3 aromatic rings. The zero-order valence-corrected chi connectivity index (χ0v) is 9.41. The zero-order chi connectivity index (χ0) is 11.8. The third-order valence-corrected chi connectivity index (χ3v) is 2.69. The van der Waals surface area contributed by atoms with Crippen molar-refractivity contribution in [2.45, 2.75) is 6.54 Å². The second-order valence-corrected chi connectivity index (χ2v) is 3.80. The van der Waals surface area contributed by atoms with Crippen molar-refractivity contribution in [3.8, 4) is 11.4 Å². The first-order valence-corrected chi connectivity index (χ1v) is 5.31. The van der Waals surface area contributed by atoms with E-state index in [9.17, 15) is 0 Å². The lowest BCUT2D eigenvalue weighted by Crippen LogP contribution is -1.98. The molecule has 3 heterocycles. The minimum atomic E-state index is 0.425. The molecule has 0 bridgehead atoms. The highest BCUT2D eigenvalue weighted by atomic mass is 15.4. The standard InChI is InChI=1S/C11H12N6/c1-16-10(8-2-4-13-5-3-8)15-17-7-9(6-12)14-11(16)17/h2-5,7H,6,12H2,1H3. The van der Waals surface area contributed by atoms with E-state index >= 15 is 0 Å². The Morgan fingerprint density at radius 1 is 1.29 bits per heavy atom. The molecule has 0 spiro atoms. The molecule has 0 fully saturated rings. The Hall–Kier alpha value is -2.21. The van der Waals surface area contributed by atoms with Gasteiger partial charge in [0, 0.05) is 31.5 Å². The van der Waals surface area contributed by atoms with Crippen LogP contribution in [0.2, 0.25) is 0 Å². The summed E-state index contributed by atoms with van der Waals surface area (Å²) >= 11 is 0. The molecule has 0 aromatic carbocycles. The van der Waals surface area contributed by atoms with Gasteiger partial charge in [0.1, 0.15) is 0 Å². The number of aryl methyl sites for hydroxylation is 1. The van der Waals surface area contributed by atoms with E-state index in [0.29, 0.717) is 6.54 Å². The van der Waals surface area contributed by atoms with E-state index in [1.165, 1.54) is 0 Å². The van der Waals surface area contributed by atoms with Crippen molar-refractivity contribution in [2.75, 3.05) is 0 Å². The van der Waals surface area contributed by atoms with Crippen molar-refractivity contribution in [2.24, 2.45) is 12.8 Å². The topological polar surface area (TPSA) is 74.0 Å². The van der Waals surface area contributed by atoms with Crippen LogP contribution in [0.15, 0.2) is 30.7 Å². The van der Waals surface area contributed by atoms with Crippen LogP contribution in [0.5, 0.6) is 0 Å². The lowest BCUT2D eigenvalue weighted by molar-refractivity contribution is 0.923. The lowest BCUT2D eigenvalue weighted by atomic mass is 10.2. The van der Waals surface area contributed by atoms with Gasteiger partial charge in [0.25, 0.3) is 0 Å². The maximum Gasteiger partial charge on any atom is 0.232 e. The van der Waals surface area contributed by atoms with Crippen LogP contribution in [0.25, 0.3) is 17.2 Å². The molecule has 0 saturated carbocycles. The van der Waals surface area contributed by atoms with Crippen LogP contribution in [0, 0.1) is 0 Å². The van der Waals surface area contributed by atoms with Crippen molar-refractivity contribution in [1.29, 1.82) is 0 Å². The summed E-state index contributed by atoms with van der Waals surface area (Å²) in [6.45, 7) is 0.425. The molecule has 2 N–H and O–H groups in total. The summed E-state index contributed by atoms with van der Waals surface area (Å²) in [6, 6.07) is 3.84. The number of fused-ring (bicyclic) bond motifs is 1. The van der Waals surface area contributed by atoms with Gasteiger partial charge in [-0.3, -0.25) is 9.55 Å². The van der Waals surface area contributed by atoms with Crippen molar-refractivity contribution >= 4 is 5.78 Å². The van der Waals surface area contributed by atoms with Gasteiger partial charge in [-0.2, -0.15) is 0 Å². The lowest BCUT2D eigenvalue weighted by Gasteiger charge is -1.99. The maximum atomic E-state index is 5.55. The Bertz CT molecular complexity index is 651. The van der Waals surface area contributed by atoms with E-state index in [2.05, 4.69) is 15.1 Å². The Kier molecular flexibility index (Phi) is 2.15. The van der Waals surface area contributed by atoms with Crippen molar-refractivity contribution in [3.63, 3.8) is 0 Å². The van der Waals surface area contributed by atoms with Crippen LogP contribution >= 0.6 is 0 Å². The Balaban J connectivity index is 2.19. The highest BCUT2D eigenvalue weighted by Crippen LogP contribution is 2.17. The van der Waals surface area contributed by atoms with Gasteiger partial charge in [-0.05, 0) is 12.1 Å². The molecule has 0 unspecified atom stereocenters. The second-order valence-electron chi connectivity index (χ2n) is 3.80. The first kappa shape index (κ1) is 9.98. The van der Waals surface area contributed by atoms with E-state index in [1.807, 2.05) is 29.9 Å². The quantitative estimate of drug-likeness (QED) is 0.696. The van der Waals surface area contributed by atoms with Gasteiger partial charge < -0.3 is 5.73 Å². The molecular weight excluding hydrogens is 216 g/mol. The molecule has 6 nitrogen and oxygen atoms in total. The summed E-state index contributed by atoms with van der Waals surface area (Å²) in [5.74, 6) is 1.65. The third-order valence-electron chi connectivity index (χ3n) is 2.69. The van der Waals surface area contributed by atoms with Gasteiger partial charge in [-0.25, -0.2) is 9.50 Å². The van der Waals surface area contributed by atoms with E-state index in [-0.39, 0.29) is 0 Å². The number of imidazole rings is 1. The Morgan fingerprint density at radius 3 is 2.71 bits per heavy atom. The van der Waals surface area contributed by atoms with Gasteiger partial charge >= 0.3 is 0 Å². The van der Waals surface area contributed by atoms with Crippen LogP contribution in [0.1, 0.15) is 5.69 Å². The van der Waals surface area contributed by atoms with Crippen molar-refractivity contribution < 1.29 is 0 Å². The van der Waals surface area contributed by atoms with Gasteiger partial charge in [0.2, 0.25) is 5.78 Å². The van der Waals surface area contributed by atoms with E-state index < -0.39 is 0 Å². The fourth-order valence-corrected chi connectivity index (χ4v) is 1.82. The highest BCUT2D eigenvalue weighted by molar-refractivity contribution is 5.57. The minimum Gasteiger partial charge on any atom is -0.325 e. The van der Waals surface area contributed by atoms with E-state index in [1.54, 1.807) is 16.9 Å². The monoisotopic (exact) mass is 228 g/mol. The SMILES string of the molecule is Cn1c(-c2ccncc2)nn2cc(CN)nc12.